The quantitative estimate of drug-likeness (QED) is 0.550. The molecule has 7 atom stereocenters. The van der Waals surface area contributed by atoms with E-state index in [1.165, 1.54) is 6.08 Å². The minimum absolute atomic E-state index is 0.191. The van der Waals surface area contributed by atoms with Crippen LogP contribution in [-0.4, -0.2) is 52.2 Å². The van der Waals surface area contributed by atoms with Crippen molar-refractivity contribution >= 4 is 11.8 Å². The van der Waals surface area contributed by atoms with Crippen molar-refractivity contribution in [3.05, 3.63) is 23.5 Å². The Labute approximate surface area is 158 Å². The van der Waals surface area contributed by atoms with Crippen LogP contribution in [-0.2, 0) is 23.8 Å². The molecule has 4 heterocycles. The summed E-state index contributed by atoms with van der Waals surface area (Å²) in [5.74, 6) is -3.00. The van der Waals surface area contributed by atoms with Gasteiger partial charge in [-0.15, -0.1) is 0 Å². The number of ether oxygens (including phenoxy) is 3. The maximum absolute atomic E-state index is 12.9. The molecular formula is C20H26O7. The summed E-state index contributed by atoms with van der Waals surface area (Å²) in [5, 5.41) is 21.3. The molecule has 0 unspecified atom stereocenters. The summed E-state index contributed by atoms with van der Waals surface area (Å²) in [6, 6.07) is 0. The number of fused-ring (bicyclic) bond motifs is 2. The molecule has 0 spiro atoms. The first kappa shape index (κ1) is 18.7. The van der Waals surface area contributed by atoms with Crippen LogP contribution in [0.1, 0.15) is 40.5 Å². The lowest BCUT2D eigenvalue weighted by Gasteiger charge is -2.35. The Morgan fingerprint density at radius 3 is 2.67 bits per heavy atom. The predicted octanol–water partition coefficient (Wildman–Crippen LogP) is 1.23. The van der Waals surface area contributed by atoms with E-state index in [-0.39, 0.29) is 18.8 Å². The van der Waals surface area contributed by atoms with E-state index in [2.05, 4.69) is 0 Å². The summed E-state index contributed by atoms with van der Waals surface area (Å²) in [5.41, 5.74) is -1.92. The van der Waals surface area contributed by atoms with Gasteiger partial charge in [0.25, 0.3) is 0 Å². The van der Waals surface area contributed by atoms with Gasteiger partial charge >= 0.3 is 5.97 Å². The fourth-order valence-corrected chi connectivity index (χ4v) is 5.20. The smallest absolute Gasteiger partial charge is 0.318 e. The number of ketones is 1. The minimum atomic E-state index is -1.81. The molecule has 2 bridgehead atoms. The number of aliphatic hydroxyl groups is 2. The summed E-state index contributed by atoms with van der Waals surface area (Å²) in [4.78, 5) is 25.5. The number of allylic oxidation sites excluding steroid dienone is 1. The first-order chi connectivity index (χ1) is 12.6. The highest BCUT2D eigenvalue weighted by molar-refractivity contribution is 5.99. The van der Waals surface area contributed by atoms with Gasteiger partial charge in [-0.3, -0.25) is 9.59 Å². The maximum Gasteiger partial charge on any atom is 0.318 e. The van der Waals surface area contributed by atoms with Crippen molar-refractivity contribution in [3.63, 3.8) is 0 Å². The number of esters is 1. The van der Waals surface area contributed by atoms with E-state index < -0.39 is 46.8 Å². The normalized spacial score (nSPS) is 49.0. The minimum Gasteiger partial charge on any atom is -0.483 e. The lowest BCUT2D eigenvalue weighted by molar-refractivity contribution is -0.220. The van der Waals surface area contributed by atoms with Crippen LogP contribution in [0.5, 0.6) is 0 Å². The van der Waals surface area contributed by atoms with Gasteiger partial charge in [0.05, 0.1) is 12.7 Å². The molecule has 0 radical (unpaired) electrons. The van der Waals surface area contributed by atoms with Crippen molar-refractivity contribution in [3.8, 4) is 0 Å². The van der Waals surface area contributed by atoms with E-state index in [9.17, 15) is 19.8 Å². The second-order valence-electron chi connectivity index (χ2n) is 8.51. The molecule has 3 fully saturated rings. The number of rotatable bonds is 2. The molecule has 148 valence electrons. The maximum atomic E-state index is 12.9. The third-order valence-electron chi connectivity index (χ3n) is 7.01. The van der Waals surface area contributed by atoms with Gasteiger partial charge in [-0.05, 0) is 39.7 Å². The highest BCUT2D eigenvalue weighted by Crippen LogP contribution is 2.61. The molecule has 7 heteroatoms. The molecule has 4 rings (SSSR count). The number of carbonyl (C=O) groups is 2. The van der Waals surface area contributed by atoms with E-state index in [0.29, 0.717) is 17.8 Å². The monoisotopic (exact) mass is 378 g/mol. The molecule has 2 N–H and O–H groups in total. The van der Waals surface area contributed by atoms with E-state index >= 15 is 0 Å². The molecule has 0 saturated carbocycles. The molecular weight excluding hydrogens is 352 g/mol. The summed E-state index contributed by atoms with van der Waals surface area (Å²) >= 11 is 0. The molecule has 0 aliphatic carbocycles. The fourth-order valence-electron chi connectivity index (χ4n) is 5.20. The molecule has 7 nitrogen and oxygen atoms in total. The molecule has 27 heavy (non-hydrogen) atoms. The highest BCUT2D eigenvalue weighted by Gasteiger charge is 2.74. The average Bonchev–Trinajstić information content (AvgIpc) is 3.14. The molecule has 0 aromatic carbocycles. The Hall–Kier alpha value is -1.70. The third-order valence-corrected chi connectivity index (χ3v) is 7.01. The lowest BCUT2D eigenvalue weighted by atomic mass is 9.66. The number of hydrogen-bond donors (Lipinski definition) is 2. The highest BCUT2D eigenvalue weighted by atomic mass is 16.7. The van der Waals surface area contributed by atoms with Crippen molar-refractivity contribution in [2.45, 2.75) is 64.1 Å². The Morgan fingerprint density at radius 1 is 1.33 bits per heavy atom. The zero-order valence-electron chi connectivity index (χ0n) is 16.0. The third kappa shape index (κ3) is 2.19. The van der Waals surface area contributed by atoms with Gasteiger partial charge in [-0.2, -0.15) is 0 Å². The number of aliphatic hydroxyl groups excluding tert-OH is 1. The van der Waals surface area contributed by atoms with Crippen LogP contribution in [0.25, 0.3) is 0 Å². The zero-order chi connectivity index (χ0) is 19.8. The van der Waals surface area contributed by atoms with Crippen LogP contribution in [0.3, 0.4) is 0 Å². The van der Waals surface area contributed by atoms with Gasteiger partial charge < -0.3 is 24.4 Å². The first-order valence-corrected chi connectivity index (χ1v) is 9.41. The average molecular weight is 378 g/mol. The van der Waals surface area contributed by atoms with E-state index in [4.69, 9.17) is 14.2 Å². The first-order valence-electron chi connectivity index (χ1n) is 9.41. The molecule has 4 aliphatic heterocycles. The number of carbonyl (C=O) groups excluding carboxylic acids is 2. The van der Waals surface area contributed by atoms with Crippen LogP contribution in [0.2, 0.25) is 0 Å². The summed E-state index contributed by atoms with van der Waals surface area (Å²) in [6.07, 6.45) is 2.50. The standard InChI is InChI=1S/C20H26O7/c1-5-10(2)20(24)19(4)16-13(25-17(19)23)6-11(9-21)12-7-15(22)18(3,26-12)8-14(16)27-20/h5,7,11,13-14,16,21,24H,6,8-9H2,1-4H3/b10-5-/t11-,13+,14-,16-,18+,19+,20+/m0/s1. The van der Waals surface area contributed by atoms with Crippen molar-refractivity contribution in [1.29, 1.82) is 0 Å². The van der Waals surface area contributed by atoms with Crippen LogP contribution >= 0.6 is 0 Å². The molecule has 0 aromatic heterocycles. The zero-order valence-corrected chi connectivity index (χ0v) is 16.0. The van der Waals surface area contributed by atoms with Gasteiger partial charge in [0.15, 0.2) is 5.60 Å². The predicted molar refractivity (Wildman–Crippen MR) is 93.1 cm³/mol. The van der Waals surface area contributed by atoms with Gasteiger partial charge in [-0.1, -0.05) is 6.08 Å². The second-order valence-corrected chi connectivity index (χ2v) is 8.51. The molecule has 0 amide bonds. The second kappa shape index (κ2) is 5.65. The summed E-state index contributed by atoms with van der Waals surface area (Å²) in [7, 11) is 0. The topological polar surface area (TPSA) is 102 Å². The van der Waals surface area contributed by atoms with E-state index in [1.54, 1.807) is 33.8 Å². The van der Waals surface area contributed by atoms with Gasteiger partial charge in [0.1, 0.15) is 17.3 Å². The van der Waals surface area contributed by atoms with Gasteiger partial charge in [0, 0.05) is 24.3 Å². The van der Waals surface area contributed by atoms with Gasteiger partial charge in [-0.25, -0.2) is 0 Å². The number of hydrogen-bond acceptors (Lipinski definition) is 7. The van der Waals surface area contributed by atoms with Crippen molar-refractivity contribution in [2.75, 3.05) is 6.61 Å². The van der Waals surface area contributed by atoms with Crippen molar-refractivity contribution < 1.29 is 34.0 Å². The molecule has 3 saturated heterocycles. The van der Waals surface area contributed by atoms with Crippen LogP contribution in [0.15, 0.2) is 23.5 Å². The Bertz CT molecular complexity index is 770. The lowest BCUT2D eigenvalue weighted by Crippen LogP contribution is -2.49. The van der Waals surface area contributed by atoms with Crippen LogP contribution < -0.4 is 0 Å². The van der Waals surface area contributed by atoms with Crippen LogP contribution in [0.4, 0.5) is 0 Å². The summed E-state index contributed by atoms with van der Waals surface area (Å²) < 4.78 is 17.8. The van der Waals surface area contributed by atoms with Crippen molar-refractivity contribution in [2.24, 2.45) is 17.3 Å². The molecule has 0 aromatic rings. The fraction of sp³-hybridized carbons (Fsp3) is 0.700. The largest absolute Gasteiger partial charge is 0.483 e. The van der Waals surface area contributed by atoms with Crippen LogP contribution in [0, 0.1) is 17.3 Å². The Balaban J connectivity index is 1.85. The Morgan fingerprint density at radius 2 is 2.04 bits per heavy atom. The van der Waals surface area contributed by atoms with Gasteiger partial charge in [0.2, 0.25) is 11.6 Å². The van der Waals surface area contributed by atoms with Crippen molar-refractivity contribution in [1.82, 2.24) is 0 Å². The SMILES string of the molecule is C/C=C(/C)[C@@]1(O)O[C@H]2C[C@@]3(C)OC(=CC3=O)[C@H](CO)C[C@H]3OC(=O)[C@@]1(C)[C@H]23. The molecule has 4 aliphatic rings. The Kier molecular flexibility index (Phi) is 3.91. The van der Waals surface area contributed by atoms with E-state index in [0.717, 1.165) is 0 Å². The summed E-state index contributed by atoms with van der Waals surface area (Å²) in [6.45, 7) is 6.61. The van der Waals surface area contributed by atoms with E-state index in [1.807, 2.05) is 0 Å².